The highest BCUT2D eigenvalue weighted by molar-refractivity contribution is 7.85. The fraction of sp³-hybridized carbons (Fsp3) is 1.00. The van der Waals surface area contributed by atoms with Gasteiger partial charge in [0.25, 0.3) is 0 Å². The van der Waals surface area contributed by atoms with Crippen molar-refractivity contribution >= 4 is 19.2 Å². The van der Waals surface area contributed by atoms with Gasteiger partial charge in [0.15, 0.2) is 0 Å². The van der Waals surface area contributed by atoms with E-state index >= 15 is 0 Å². The van der Waals surface area contributed by atoms with Gasteiger partial charge in [0.1, 0.15) is 0 Å². The van der Waals surface area contributed by atoms with E-state index in [2.05, 4.69) is 8.15 Å². The largest absolute Gasteiger partial charge is 0.402 e. The van der Waals surface area contributed by atoms with Crippen molar-refractivity contribution in [1.29, 1.82) is 0 Å². The monoisotopic (exact) mass is 186 g/mol. The minimum absolute atomic E-state index is 0.0369. The zero-order valence-corrected chi connectivity index (χ0v) is 7.77. The summed E-state index contributed by atoms with van der Waals surface area (Å²) < 4.78 is 29.8. The number of hydrogen-bond acceptors (Lipinski definition) is 4. The maximum absolute atomic E-state index is 10.6. The zero-order valence-electron chi connectivity index (χ0n) is 5.96. The van der Waals surface area contributed by atoms with Crippen LogP contribution in [0.25, 0.3) is 0 Å². The van der Waals surface area contributed by atoms with Crippen LogP contribution in [-0.2, 0) is 18.6 Å². The maximum atomic E-state index is 10.6. The predicted octanol–water partition coefficient (Wildman–Crippen LogP) is 0.898. The molecule has 0 aromatic heterocycles. The van der Waals surface area contributed by atoms with Crippen molar-refractivity contribution in [2.24, 2.45) is 0 Å². The molecule has 0 radical (unpaired) electrons. The van der Waals surface area contributed by atoms with E-state index in [1.54, 1.807) is 6.92 Å². The zero-order chi connectivity index (χ0) is 8.04. The summed E-state index contributed by atoms with van der Waals surface area (Å²) in [7, 11) is -3.72. The molecule has 0 saturated heterocycles. The van der Waals surface area contributed by atoms with Crippen LogP contribution in [0.15, 0.2) is 0 Å². The van der Waals surface area contributed by atoms with Gasteiger partial charge in [-0.25, -0.2) is 8.15 Å². The van der Waals surface area contributed by atoms with Crippen LogP contribution in [0.5, 0.6) is 0 Å². The molecular formula is C4H11O4PS. The van der Waals surface area contributed by atoms with Gasteiger partial charge in [-0.1, -0.05) is 6.92 Å². The van der Waals surface area contributed by atoms with Gasteiger partial charge >= 0.3 is 10.4 Å². The Hall–Kier alpha value is 0.300. The van der Waals surface area contributed by atoms with Crippen LogP contribution in [0.2, 0.25) is 0 Å². The molecule has 0 bridgehead atoms. The molecule has 0 amide bonds. The van der Waals surface area contributed by atoms with Crippen LogP contribution < -0.4 is 0 Å². The lowest BCUT2D eigenvalue weighted by molar-refractivity contribution is 0.295. The molecule has 0 aliphatic heterocycles. The molecular weight excluding hydrogens is 175 g/mol. The van der Waals surface area contributed by atoms with Gasteiger partial charge in [0, 0.05) is 8.81 Å². The highest BCUT2D eigenvalue weighted by Crippen LogP contribution is 2.15. The van der Waals surface area contributed by atoms with Crippen molar-refractivity contribution in [3.63, 3.8) is 0 Å². The van der Waals surface area contributed by atoms with Gasteiger partial charge in [0.2, 0.25) is 0 Å². The molecule has 0 aliphatic rings. The van der Waals surface area contributed by atoms with Gasteiger partial charge in [-0.2, -0.15) is 8.42 Å². The van der Waals surface area contributed by atoms with E-state index in [4.69, 9.17) is 0 Å². The highest BCUT2D eigenvalue weighted by atomic mass is 32.3. The quantitative estimate of drug-likeness (QED) is 0.598. The summed E-state index contributed by atoms with van der Waals surface area (Å²) in [5.74, 6) is 0. The van der Waals surface area contributed by atoms with Gasteiger partial charge in [-0.15, -0.1) is 0 Å². The predicted molar refractivity (Wildman–Crippen MR) is 40.5 cm³/mol. The number of rotatable bonds is 5. The van der Waals surface area contributed by atoms with Crippen LogP contribution in [0.4, 0.5) is 0 Å². The second kappa shape index (κ2) is 5.02. The molecule has 0 aliphatic carbocycles. The second-order valence-corrected chi connectivity index (χ2v) is 4.11. The van der Waals surface area contributed by atoms with E-state index in [9.17, 15) is 8.42 Å². The smallest absolute Gasteiger partial charge is 0.248 e. The summed E-state index contributed by atoms with van der Waals surface area (Å²) in [4.78, 5) is 0. The molecule has 4 nitrogen and oxygen atoms in total. The van der Waals surface area contributed by atoms with E-state index in [1.807, 2.05) is 6.92 Å². The Morgan fingerprint density at radius 1 is 1.40 bits per heavy atom. The van der Waals surface area contributed by atoms with Gasteiger partial charge in [0.05, 0.1) is 6.61 Å². The summed E-state index contributed by atoms with van der Waals surface area (Å²) in [6, 6.07) is 0. The minimum atomic E-state index is -3.68. The van der Waals surface area contributed by atoms with Crippen molar-refractivity contribution in [3.05, 3.63) is 0 Å². The van der Waals surface area contributed by atoms with Crippen molar-refractivity contribution in [2.75, 3.05) is 12.8 Å². The van der Waals surface area contributed by atoms with Crippen LogP contribution in [-0.4, -0.2) is 21.2 Å². The van der Waals surface area contributed by atoms with E-state index in [-0.39, 0.29) is 15.4 Å². The van der Waals surface area contributed by atoms with E-state index in [1.165, 1.54) is 0 Å². The summed E-state index contributed by atoms with van der Waals surface area (Å²) >= 11 is 0. The first kappa shape index (κ1) is 10.3. The first-order chi connectivity index (χ1) is 4.62. The third-order valence-electron chi connectivity index (χ3n) is 0.568. The Bertz CT molecular complexity index is 164. The fourth-order valence-corrected chi connectivity index (χ4v) is 1.83. The summed E-state index contributed by atoms with van der Waals surface area (Å²) in [6.45, 7) is 3.55. The molecule has 1 unspecified atom stereocenters. The molecule has 62 valence electrons. The van der Waals surface area contributed by atoms with Crippen LogP contribution in [0.1, 0.15) is 13.8 Å². The highest BCUT2D eigenvalue weighted by Gasteiger charge is 2.08. The Labute approximate surface area is 63.1 Å². The number of hydrogen-bond donors (Lipinski definition) is 0. The molecule has 0 rings (SSSR count). The van der Waals surface area contributed by atoms with Crippen LogP contribution >= 0.6 is 8.81 Å². The van der Waals surface area contributed by atoms with Crippen LogP contribution in [0, 0.1) is 0 Å². The first-order valence-corrected chi connectivity index (χ1v) is 5.38. The van der Waals surface area contributed by atoms with Crippen molar-refractivity contribution in [3.8, 4) is 0 Å². The Balaban J connectivity index is 3.65. The van der Waals surface area contributed by atoms with Crippen LogP contribution in [0.3, 0.4) is 0 Å². The van der Waals surface area contributed by atoms with E-state index in [0.29, 0.717) is 6.16 Å². The third kappa shape index (κ3) is 5.11. The molecule has 0 N–H and O–H groups in total. The molecule has 0 heterocycles. The van der Waals surface area contributed by atoms with Gasteiger partial charge in [-0.05, 0) is 13.1 Å². The second-order valence-electron chi connectivity index (χ2n) is 1.40. The standard InChI is InChI=1S/C4H11O4PS/c1-3-7-10(5,6)8-9-4-2/h9H,3-4H2,1-2H3. The molecule has 0 saturated carbocycles. The summed E-state index contributed by atoms with van der Waals surface area (Å²) in [6.07, 6.45) is 0.687. The molecule has 1 atom stereocenters. The van der Waals surface area contributed by atoms with E-state index < -0.39 is 10.4 Å². The molecule has 6 heteroatoms. The Kier molecular flexibility index (Phi) is 5.17. The SMILES string of the molecule is CCOS(=O)(=O)OPCC. The third-order valence-corrected chi connectivity index (χ3v) is 2.67. The van der Waals surface area contributed by atoms with Crippen molar-refractivity contribution in [2.45, 2.75) is 13.8 Å². The lowest BCUT2D eigenvalue weighted by atomic mass is 10.9. The normalized spacial score (nSPS) is 13.0. The lowest BCUT2D eigenvalue weighted by Gasteiger charge is -2.00. The fourth-order valence-electron chi connectivity index (χ4n) is 0.299. The minimum Gasteiger partial charge on any atom is -0.248 e. The molecule has 0 aromatic carbocycles. The van der Waals surface area contributed by atoms with Crippen molar-refractivity contribution in [1.82, 2.24) is 0 Å². The van der Waals surface area contributed by atoms with Gasteiger partial charge in [-0.3, -0.25) is 0 Å². The Morgan fingerprint density at radius 2 is 2.00 bits per heavy atom. The van der Waals surface area contributed by atoms with E-state index in [0.717, 1.165) is 0 Å². The molecule has 10 heavy (non-hydrogen) atoms. The van der Waals surface area contributed by atoms with Gasteiger partial charge < -0.3 is 0 Å². The molecule has 0 spiro atoms. The summed E-state index contributed by atoms with van der Waals surface area (Å²) in [5, 5.41) is 0. The van der Waals surface area contributed by atoms with Crippen molar-refractivity contribution < 1.29 is 16.6 Å². The first-order valence-electron chi connectivity index (χ1n) is 2.93. The molecule has 0 aromatic rings. The lowest BCUT2D eigenvalue weighted by Crippen LogP contribution is -2.04. The average molecular weight is 186 g/mol. The topological polar surface area (TPSA) is 52.6 Å². The average Bonchev–Trinajstić information content (AvgIpc) is 1.84. The maximum Gasteiger partial charge on any atom is 0.402 e. The Morgan fingerprint density at radius 3 is 2.40 bits per heavy atom. The molecule has 0 fully saturated rings. The summed E-state index contributed by atoms with van der Waals surface area (Å²) in [5.41, 5.74) is 0.